The molecule has 2 aromatic heterocycles. The number of anilines is 1. The summed E-state index contributed by atoms with van der Waals surface area (Å²) in [4.78, 5) is 18.8. The van der Waals surface area contributed by atoms with Crippen molar-refractivity contribution in [2.24, 2.45) is 0 Å². The van der Waals surface area contributed by atoms with Crippen molar-refractivity contribution in [3.05, 3.63) is 18.6 Å². The van der Waals surface area contributed by atoms with Crippen LogP contribution in [0.1, 0.15) is 33.9 Å². The predicted molar refractivity (Wildman–Crippen MR) is 109 cm³/mol. The summed E-state index contributed by atoms with van der Waals surface area (Å²) in [5.74, 6) is 0.342. The van der Waals surface area contributed by atoms with E-state index in [1.807, 2.05) is 13.8 Å². The van der Waals surface area contributed by atoms with Gasteiger partial charge in [0.25, 0.3) is 0 Å². The van der Waals surface area contributed by atoms with E-state index < -0.39 is 31.0 Å². The lowest BCUT2D eigenvalue weighted by atomic mass is 10.1. The van der Waals surface area contributed by atoms with Gasteiger partial charge in [-0.1, -0.05) is 13.8 Å². The second kappa shape index (κ2) is 8.31. The van der Waals surface area contributed by atoms with E-state index in [0.717, 1.165) is 0 Å². The van der Waals surface area contributed by atoms with Gasteiger partial charge in [-0.05, 0) is 31.7 Å². The van der Waals surface area contributed by atoms with Crippen LogP contribution in [0.15, 0.2) is 18.6 Å². The van der Waals surface area contributed by atoms with Crippen LogP contribution in [0.2, 0.25) is 0 Å². The molecule has 2 aromatic rings. The monoisotopic (exact) mass is 430 g/mol. The smallest absolute Gasteiger partial charge is 0.189 e. The number of aromatic nitrogens is 3. The normalized spacial score (nSPS) is 27.7. The van der Waals surface area contributed by atoms with Crippen LogP contribution in [0.25, 0.3) is 11.0 Å². The van der Waals surface area contributed by atoms with Crippen LogP contribution in [0.3, 0.4) is 0 Å². The van der Waals surface area contributed by atoms with E-state index in [1.54, 1.807) is 30.7 Å². The Morgan fingerprint density at radius 2 is 2.07 bits per heavy atom. The Hall–Kier alpha value is -1.13. The lowest BCUT2D eigenvalue weighted by molar-refractivity contribution is -0.0735. The molecule has 9 nitrogen and oxygen atoms in total. The number of ether oxygens (including phenoxy) is 2. The molecule has 0 aliphatic carbocycles. The first-order chi connectivity index (χ1) is 13.1. The summed E-state index contributed by atoms with van der Waals surface area (Å²) in [6.07, 6.45) is -0.257. The maximum absolute atomic E-state index is 11.0. The second-order valence-corrected chi connectivity index (χ2v) is 11.3. The van der Waals surface area contributed by atoms with Crippen LogP contribution in [-0.4, -0.2) is 61.2 Å². The number of aliphatic hydroxyl groups excluding tert-OH is 1. The Morgan fingerprint density at radius 3 is 2.71 bits per heavy atom. The highest BCUT2D eigenvalue weighted by Crippen LogP contribution is 2.51. The Labute approximate surface area is 169 Å². The van der Waals surface area contributed by atoms with Gasteiger partial charge in [0.1, 0.15) is 36.1 Å². The standard InChI is InChI=1S/C17H27N4O5PS/c1-9(2)24-7-12-14(26-27(23,28)10(3)4)13(22)17(25-12)21-6-5-11-15(18)19-8-20-16(11)21/h5-6,8-10,12-14,17,22H,7H2,1-4H3,(H,23,28)(H2,18,19,20)/t12-,13-,14-,17-,27?/m1/s1. The van der Waals surface area contributed by atoms with Crippen molar-refractivity contribution in [2.45, 2.75) is 64.0 Å². The van der Waals surface area contributed by atoms with Gasteiger partial charge in [0.2, 0.25) is 0 Å². The highest BCUT2D eigenvalue weighted by Gasteiger charge is 2.48. The van der Waals surface area contributed by atoms with Crippen molar-refractivity contribution in [2.75, 3.05) is 12.3 Å². The highest BCUT2D eigenvalue weighted by atomic mass is 32.5. The third kappa shape index (κ3) is 4.23. The lowest BCUT2D eigenvalue weighted by Crippen LogP contribution is -2.37. The molecule has 3 rings (SSSR count). The number of nitrogens with zero attached hydrogens (tertiary/aromatic N) is 3. The van der Waals surface area contributed by atoms with Crippen LogP contribution in [-0.2, 0) is 25.8 Å². The molecule has 0 spiro atoms. The number of nitrogen functional groups attached to an aromatic ring is 1. The van der Waals surface area contributed by atoms with E-state index in [2.05, 4.69) is 9.97 Å². The van der Waals surface area contributed by atoms with E-state index in [4.69, 9.17) is 31.5 Å². The fraction of sp³-hybridized carbons (Fsp3) is 0.647. The highest BCUT2D eigenvalue weighted by molar-refractivity contribution is 8.09. The zero-order valence-corrected chi connectivity index (χ0v) is 18.0. The van der Waals surface area contributed by atoms with Gasteiger partial charge < -0.3 is 34.3 Å². The van der Waals surface area contributed by atoms with Crippen molar-refractivity contribution in [1.29, 1.82) is 0 Å². The fourth-order valence-electron chi connectivity index (χ4n) is 2.99. The average molecular weight is 430 g/mol. The number of fused-ring (bicyclic) bond motifs is 1. The Morgan fingerprint density at radius 1 is 1.36 bits per heavy atom. The number of aliphatic hydroxyl groups is 1. The second-order valence-electron chi connectivity index (χ2n) is 7.38. The summed E-state index contributed by atoms with van der Waals surface area (Å²) in [5.41, 5.74) is 6.19. The summed E-state index contributed by atoms with van der Waals surface area (Å²) in [6.45, 7) is 4.47. The molecule has 1 fully saturated rings. The SMILES string of the molecule is CC(C)OC[C@H]1O[C@@H](n2ccc3c(N)ncnc32)[C@H](O)[C@@H]1OP(O)(=S)C(C)C. The van der Waals surface area contributed by atoms with Gasteiger partial charge in [-0.15, -0.1) is 0 Å². The minimum atomic E-state index is -3.11. The van der Waals surface area contributed by atoms with E-state index in [-0.39, 0.29) is 18.4 Å². The molecule has 0 aromatic carbocycles. The first-order valence-corrected chi connectivity index (χ1v) is 11.9. The molecule has 3 heterocycles. The number of hydrogen-bond acceptors (Lipinski definition) is 8. The summed E-state index contributed by atoms with van der Waals surface area (Å²) >= 11 is 5.27. The van der Waals surface area contributed by atoms with E-state index in [9.17, 15) is 10.00 Å². The van der Waals surface area contributed by atoms with Gasteiger partial charge in [0.05, 0.1) is 18.1 Å². The summed E-state index contributed by atoms with van der Waals surface area (Å²) in [6, 6.07) is 1.76. The molecule has 1 saturated heterocycles. The summed E-state index contributed by atoms with van der Waals surface area (Å²) in [7, 11) is 0. The molecule has 0 bridgehead atoms. The molecule has 0 saturated carbocycles. The molecule has 156 valence electrons. The van der Waals surface area contributed by atoms with Gasteiger partial charge in [-0.25, -0.2) is 9.97 Å². The molecular formula is C17H27N4O5PS. The molecular weight excluding hydrogens is 403 g/mol. The Bertz CT molecular complexity index is 876. The molecule has 11 heteroatoms. The van der Waals surface area contributed by atoms with Crippen molar-refractivity contribution < 1.29 is 24.0 Å². The zero-order chi connectivity index (χ0) is 20.6. The quantitative estimate of drug-likeness (QED) is 0.564. The minimum Gasteiger partial charge on any atom is -0.386 e. The Balaban J connectivity index is 1.92. The van der Waals surface area contributed by atoms with E-state index in [1.165, 1.54) is 6.33 Å². The first-order valence-electron chi connectivity index (χ1n) is 9.14. The number of hydrogen-bond donors (Lipinski definition) is 3. The van der Waals surface area contributed by atoms with Gasteiger partial charge in [0.15, 0.2) is 12.7 Å². The summed E-state index contributed by atoms with van der Waals surface area (Å²) in [5, 5.41) is 11.6. The van der Waals surface area contributed by atoms with Crippen molar-refractivity contribution in [1.82, 2.24) is 14.5 Å². The van der Waals surface area contributed by atoms with Crippen molar-refractivity contribution in [3.63, 3.8) is 0 Å². The third-order valence-corrected chi connectivity index (χ3v) is 8.02. The minimum absolute atomic E-state index is 0.0253. The molecule has 5 atom stereocenters. The van der Waals surface area contributed by atoms with Crippen molar-refractivity contribution in [3.8, 4) is 0 Å². The third-order valence-electron chi connectivity index (χ3n) is 4.64. The largest absolute Gasteiger partial charge is 0.386 e. The van der Waals surface area contributed by atoms with Gasteiger partial charge >= 0.3 is 0 Å². The van der Waals surface area contributed by atoms with Crippen LogP contribution < -0.4 is 5.73 Å². The predicted octanol–water partition coefficient (Wildman–Crippen LogP) is 1.79. The molecule has 0 amide bonds. The van der Waals surface area contributed by atoms with E-state index >= 15 is 0 Å². The van der Waals surface area contributed by atoms with Gasteiger partial charge in [-0.3, -0.25) is 0 Å². The fourth-order valence-corrected chi connectivity index (χ4v) is 4.14. The summed E-state index contributed by atoms with van der Waals surface area (Å²) < 4.78 is 19.3. The van der Waals surface area contributed by atoms with E-state index in [0.29, 0.717) is 16.9 Å². The molecule has 1 unspecified atom stereocenters. The maximum Gasteiger partial charge on any atom is 0.189 e. The van der Waals surface area contributed by atoms with Crippen LogP contribution in [0.4, 0.5) is 5.82 Å². The van der Waals surface area contributed by atoms with Crippen LogP contribution in [0.5, 0.6) is 0 Å². The number of rotatable bonds is 7. The first kappa shape index (κ1) is 21.6. The van der Waals surface area contributed by atoms with Crippen LogP contribution >= 0.6 is 6.49 Å². The van der Waals surface area contributed by atoms with Gasteiger partial charge in [-0.2, -0.15) is 0 Å². The topological polar surface area (TPSA) is 125 Å². The zero-order valence-electron chi connectivity index (χ0n) is 16.3. The maximum atomic E-state index is 11.0. The molecule has 28 heavy (non-hydrogen) atoms. The van der Waals surface area contributed by atoms with Crippen molar-refractivity contribution >= 4 is 35.1 Å². The Kier molecular flexibility index (Phi) is 6.41. The molecule has 1 aliphatic heterocycles. The molecule has 1 aliphatic rings. The van der Waals surface area contributed by atoms with Gasteiger partial charge in [0, 0.05) is 11.9 Å². The lowest BCUT2D eigenvalue weighted by Gasteiger charge is -2.28. The van der Waals surface area contributed by atoms with Crippen LogP contribution in [0, 0.1) is 0 Å². The average Bonchev–Trinajstić information content (AvgIpc) is 3.16. The molecule has 4 N–H and O–H groups in total. The number of nitrogens with two attached hydrogens (primary N) is 1. The molecule has 0 radical (unpaired) electrons.